The molecule has 1 atom stereocenters. The zero-order valence-electron chi connectivity index (χ0n) is 12.4. The van der Waals surface area contributed by atoms with Crippen LogP contribution in [-0.2, 0) is 16.0 Å². The molecule has 1 amide bonds. The fourth-order valence-corrected chi connectivity index (χ4v) is 2.00. The van der Waals surface area contributed by atoms with Gasteiger partial charge in [0.15, 0.2) is 0 Å². The number of carbonyl (C=O) groups is 2. The van der Waals surface area contributed by atoms with E-state index in [0.29, 0.717) is 17.7 Å². The minimum absolute atomic E-state index is 0.134. The Labute approximate surface area is 123 Å². The highest BCUT2D eigenvalue weighted by molar-refractivity contribution is 5.85. The molecular weight excluding hydrogens is 277 g/mol. The van der Waals surface area contributed by atoms with Gasteiger partial charge in [-0.2, -0.15) is 0 Å². The number of carboxylic acid groups (broad SMARTS) is 1. The first-order valence-corrected chi connectivity index (χ1v) is 6.68. The largest absolute Gasteiger partial charge is 0.496 e. The quantitative estimate of drug-likeness (QED) is 0.807. The molecule has 0 aliphatic heterocycles. The summed E-state index contributed by atoms with van der Waals surface area (Å²) in [5.74, 6) is -1.51. The maximum absolute atomic E-state index is 13.2. The molecule has 0 saturated heterocycles. The third-order valence-corrected chi connectivity index (χ3v) is 2.93. The molecule has 0 saturated carbocycles. The van der Waals surface area contributed by atoms with Crippen LogP contribution in [-0.4, -0.2) is 30.1 Å². The summed E-state index contributed by atoms with van der Waals surface area (Å²) in [4.78, 5) is 23.0. The number of amides is 1. The number of aliphatic carboxylic acids is 1. The highest BCUT2D eigenvalue weighted by atomic mass is 19.1. The van der Waals surface area contributed by atoms with E-state index in [4.69, 9.17) is 9.84 Å². The maximum atomic E-state index is 13.2. The lowest BCUT2D eigenvalue weighted by Crippen LogP contribution is -2.42. The molecular formula is C15H20FNO4. The highest BCUT2D eigenvalue weighted by Gasteiger charge is 2.21. The summed E-state index contributed by atoms with van der Waals surface area (Å²) in [5.41, 5.74) is 0.378. The van der Waals surface area contributed by atoms with Crippen LogP contribution >= 0.6 is 0 Å². The van der Waals surface area contributed by atoms with Crippen LogP contribution in [0.25, 0.3) is 0 Å². The summed E-state index contributed by atoms with van der Waals surface area (Å²) >= 11 is 0. The van der Waals surface area contributed by atoms with Crippen molar-refractivity contribution in [2.24, 2.45) is 5.92 Å². The Balaban J connectivity index is 2.76. The van der Waals surface area contributed by atoms with Gasteiger partial charge < -0.3 is 15.2 Å². The topological polar surface area (TPSA) is 75.6 Å². The van der Waals surface area contributed by atoms with Crippen molar-refractivity contribution in [3.8, 4) is 5.75 Å². The van der Waals surface area contributed by atoms with Crippen LogP contribution in [0.2, 0.25) is 0 Å². The number of ether oxygens (including phenoxy) is 1. The van der Waals surface area contributed by atoms with Crippen LogP contribution in [0.3, 0.4) is 0 Å². The van der Waals surface area contributed by atoms with Crippen LogP contribution in [0.5, 0.6) is 5.75 Å². The van der Waals surface area contributed by atoms with Gasteiger partial charge in [0.25, 0.3) is 0 Å². The van der Waals surface area contributed by atoms with Crippen molar-refractivity contribution in [3.05, 3.63) is 29.6 Å². The molecule has 1 aromatic carbocycles. The lowest BCUT2D eigenvalue weighted by Gasteiger charge is -2.17. The lowest BCUT2D eigenvalue weighted by atomic mass is 10.0. The SMILES string of the molecule is COc1ccc(F)cc1CC(=O)NC(CC(C)C)C(=O)O. The van der Waals surface area contributed by atoms with Crippen molar-refractivity contribution in [1.82, 2.24) is 5.32 Å². The molecule has 0 aliphatic carbocycles. The zero-order valence-corrected chi connectivity index (χ0v) is 12.4. The van der Waals surface area contributed by atoms with Gasteiger partial charge in [0.2, 0.25) is 5.91 Å². The van der Waals surface area contributed by atoms with Gasteiger partial charge in [-0.3, -0.25) is 4.79 Å². The van der Waals surface area contributed by atoms with Gasteiger partial charge in [0.1, 0.15) is 17.6 Å². The smallest absolute Gasteiger partial charge is 0.326 e. The molecule has 21 heavy (non-hydrogen) atoms. The van der Waals surface area contributed by atoms with Gasteiger partial charge in [-0.25, -0.2) is 9.18 Å². The number of halogens is 1. The minimum Gasteiger partial charge on any atom is -0.496 e. The van der Waals surface area contributed by atoms with E-state index >= 15 is 0 Å². The van der Waals surface area contributed by atoms with Gasteiger partial charge in [-0.1, -0.05) is 13.8 Å². The first kappa shape index (κ1) is 16.9. The third-order valence-electron chi connectivity index (χ3n) is 2.93. The Bertz CT molecular complexity index is 516. The Hall–Kier alpha value is -2.11. The molecule has 1 aromatic rings. The van der Waals surface area contributed by atoms with Crippen molar-refractivity contribution in [2.45, 2.75) is 32.7 Å². The van der Waals surface area contributed by atoms with Gasteiger partial charge in [-0.15, -0.1) is 0 Å². The van der Waals surface area contributed by atoms with Crippen LogP contribution in [0.15, 0.2) is 18.2 Å². The standard InChI is InChI=1S/C15H20FNO4/c1-9(2)6-12(15(19)20)17-14(18)8-10-7-11(16)4-5-13(10)21-3/h4-5,7,9,12H,6,8H2,1-3H3,(H,17,18)(H,19,20). The van der Waals surface area contributed by atoms with Gasteiger partial charge in [0, 0.05) is 5.56 Å². The molecule has 2 N–H and O–H groups in total. The third kappa shape index (κ3) is 5.41. The normalized spacial score (nSPS) is 12.0. The van der Waals surface area contributed by atoms with E-state index in [0.717, 1.165) is 0 Å². The molecule has 5 nitrogen and oxygen atoms in total. The average molecular weight is 297 g/mol. The summed E-state index contributed by atoms with van der Waals surface area (Å²) in [6.45, 7) is 3.75. The molecule has 6 heteroatoms. The van der Waals surface area contributed by atoms with Gasteiger partial charge in [0.05, 0.1) is 13.5 Å². The van der Waals surface area contributed by atoms with Crippen LogP contribution in [0.1, 0.15) is 25.8 Å². The number of rotatable bonds is 7. The van der Waals surface area contributed by atoms with E-state index in [9.17, 15) is 14.0 Å². The van der Waals surface area contributed by atoms with E-state index in [-0.39, 0.29) is 12.3 Å². The summed E-state index contributed by atoms with van der Waals surface area (Å²) in [6, 6.07) is 2.92. The number of hydrogen-bond acceptors (Lipinski definition) is 3. The highest BCUT2D eigenvalue weighted by Crippen LogP contribution is 2.20. The molecule has 0 spiro atoms. The molecule has 1 unspecified atom stereocenters. The Morgan fingerprint density at radius 3 is 2.57 bits per heavy atom. The lowest BCUT2D eigenvalue weighted by molar-refractivity contribution is -0.142. The number of benzene rings is 1. The monoisotopic (exact) mass is 297 g/mol. The number of carbonyl (C=O) groups excluding carboxylic acids is 1. The summed E-state index contributed by atoms with van der Waals surface area (Å²) in [7, 11) is 1.42. The second kappa shape index (κ2) is 7.61. The molecule has 0 aliphatic rings. The average Bonchev–Trinajstić information content (AvgIpc) is 2.37. The van der Waals surface area contributed by atoms with Gasteiger partial charge >= 0.3 is 5.97 Å². The first-order valence-electron chi connectivity index (χ1n) is 6.68. The van der Waals surface area contributed by atoms with Crippen molar-refractivity contribution in [2.75, 3.05) is 7.11 Å². The number of hydrogen-bond donors (Lipinski definition) is 2. The molecule has 1 rings (SSSR count). The first-order chi connectivity index (χ1) is 9.83. The summed E-state index contributed by atoms with van der Waals surface area (Å²) in [6.07, 6.45) is 0.199. The van der Waals surface area contributed by atoms with Crippen molar-refractivity contribution < 1.29 is 23.8 Å². The van der Waals surface area contributed by atoms with Crippen LogP contribution in [0.4, 0.5) is 4.39 Å². The molecule has 0 fully saturated rings. The Kier molecular flexibility index (Phi) is 6.14. The molecule has 0 heterocycles. The second-order valence-corrected chi connectivity index (χ2v) is 5.22. The van der Waals surface area contributed by atoms with Crippen molar-refractivity contribution in [3.63, 3.8) is 0 Å². The van der Waals surface area contributed by atoms with E-state index in [1.165, 1.54) is 25.3 Å². The fraction of sp³-hybridized carbons (Fsp3) is 0.467. The number of carboxylic acids is 1. The molecule has 0 bridgehead atoms. The van der Waals surface area contributed by atoms with Crippen LogP contribution in [0, 0.1) is 11.7 Å². The predicted molar refractivity (Wildman–Crippen MR) is 75.7 cm³/mol. The zero-order chi connectivity index (χ0) is 16.0. The summed E-state index contributed by atoms with van der Waals surface area (Å²) in [5, 5.41) is 11.5. The number of nitrogens with one attached hydrogen (secondary N) is 1. The number of methoxy groups -OCH3 is 1. The van der Waals surface area contributed by atoms with Crippen molar-refractivity contribution >= 4 is 11.9 Å². The molecule has 0 radical (unpaired) electrons. The second-order valence-electron chi connectivity index (χ2n) is 5.22. The van der Waals surface area contributed by atoms with E-state index < -0.39 is 23.7 Å². The maximum Gasteiger partial charge on any atom is 0.326 e. The Morgan fingerprint density at radius 1 is 1.38 bits per heavy atom. The van der Waals surface area contributed by atoms with Gasteiger partial charge in [-0.05, 0) is 30.5 Å². The van der Waals surface area contributed by atoms with Crippen molar-refractivity contribution in [1.29, 1.82) is 0 Å². The summed E-state index contributed by atoms with van der Waals surface area (Å²) < 4.78 is 18.3. The van der Waals surface area contributed by atoms with E-state index in [1.807, 2.05) is 13.8 Å². The predicted octanol–water partition coefficient (Wildman–Crippen LogP) is 1.99. The fourth-order valence-electron chi connectivity index (χ4n) is 2.00. The van der Waals surface area contributed by atoms with Crippen LogP contribution < -0.4 is 10.1 Å². The van der Waals surface area contributed by atoms with E-state index in [2.05, 4.69) is 5.32 Å². The molecule has 116 valence electrons. The Morgan fingerprint density at radius 2 is 2.05 bits per heavy atom. The molecule has 0 aromatic heterocycles. The minimum atomic E-state index is -1.08. The van der Waals surface area contributed by atoms with E-state index in [1.54, 1.807) is 0 Å².